The minimum atomic E-state index is 0.0323. The number of nitrogens with zero attached hydrogens (tertiary/aromatic N) is 3. The molecule has 0 amide bonds. The van der Waals surface area contributed by atoms with Crippen molar-refractivity contribution in [2.24, 2.45) is 0 Å². The molecule has 2 saturated heterocycles. The van der Waals surface area contributed by atoms with Gasteiger partial charge in [-0.25, -0.2) is 4.98 Å². The minimum Gasteiger partial charge on any atom is -0.369 e. The molecule has 2 fully saturated rings. The Morgan fingerprint density at radius 1 is 1.21 bits per heavy atom. The first kappa shape index (κ1) is 16.3. The van der Waals surface area contributed by atoms with Gasteiger partial charge in [-0.2, -0.15) is 0 Å². The lowest BCUT2D eigenvalue weighted by Gasteiger charge is -2.36. The van der Waals surface area contributed by atoms with Gasteiger partial charge < -0.3 is 14.4 Å². The highest BCUT2D eigenvalue weighted by Crippen LogP contribution is 2.24. The van der Waals surface area contributed by atoms with Crippen LogP contribution in [0.4, 0.5) is 5.69 Å². The molecule has 2 aromatic rings. The first-order valence-electron chi connectivity index (χ1n) is 8.92. The Labute approximate surface area is 147 Å². The first-order chi connectivity index (χ1) is 11.9. The average Bonchev–Trinajstić information content (AvgIpc) is 3.11. The molecule has 5 nitrogen and oxygen atoms in total. The summed E-state index contributed by atoms with van der Waals surface area (Å²) in [4.78, 5) is 9.37. The number of ether oxygens (including phenoxy) is 2. The molecule has 0 spiro atoms. The van der Waals surface area contributed by atoms with E-state index < -0.39 is 0 Å². The fourth-order valence-electron chi connectivity index (χ4n) is 3.43. The second-order valence-electron chi connectivity index (χ2n) is 6.50. The summed E-state index contributed by atoms with van der Waals surface area (Å²) in [7, 11) is 0. The molecule has 0 N–H and O–H groups in total. The van der Waals surface area contributed by atoms with Crippen LogP contribution in [0.25, 0.3) is 10.2 Å². The van der Waals surface area contributed by atoms with Crippen molar-refractivity contribution in [2.45, 2.75) is 25.6 Å². The van der Waals surface area contributed by atoms with E-state index in [0.717, 1.165) is 57.9 Å². The Morgan fingerprint density at radius 2 is 2.12 bits per heavy atom. The zero-order valence-corrected chi connectivity index (χ0v) is 14.8. The van der Waals surface area contributed by atoms with Crippen LogP contribution in [-0.2, 0) is 9.47 Å². The zero-order chi connectivity index (χ0) is 16.2. The minimum absolute atomic E-state index is 0.0323. The number of piperazine rings is 1. The Hall–Kier alpha value is -1.21. The summed E-state index contributed by atoms with van der Waals surface area (Å²) in [5.41, 5.74) is 4.32. The van der Waals surface area contributed by atoms with E-state index in [0.29, 0.717) is 0 Å². The average molecular weight is 347 g/mol. The molecule has 0 saturated carbocycles. The monoisotopic (exact) mass is 347 g/mol. The number of hydrogen-bond acceptors (Lipinski definition) is 6. The summed E-state index contributed by atoms with van der Waals surface area (Å²) >= 11 is 1.70. The predicted molar refractivity (Wildman–Crippen MR) is 97.8 cm³/mol. The largest absolute Gasteiger partial charge is 0.369 e. The van der Waals surface area contributed by atoms with Crippen molar-refractivity contribution in [3.05, 3.63) is 23.7 Å². The van der Waals surface area contributed by atoms with Crippen molar-refractivity contribution in [3.63, 3.8) is 0 Å². The lowest BCUT2D eigenvalue weighted by atomic mass is 10.2. The van der Waals surface area contributed by atoms with E-state index in [9.17, 15) is 0 Å². The van der Waals surface area contributed by atoms with Gasteiger partial charge in [-0.1, -0.05) is 0 Å². The highest BCUT2D eigenvalue weighted by molar-refractivity contribution is 7.16. The van der Waals surface area contributed by atoms with Gasteiger partial charge in [0.2, 0.25) is 0 Å². The molecule has 1 atom stereocenters. The normalized spacial score (nSPS) is 23.0. The van der Waals surface area contributed by atoms with Crippen LogP contribution in [0.3, 0.4) is 0 Å². The SMILES string of the molecule is c1nc2cc(N3CCN(CCOC4CCCCO4)CC3)ccc2s1. The van der Waals surface area contributed by atoms with Crippen molar-refractivity contribution >= 4 is 27.2 Å². The lowest BCUT2D eigenvalue weighted by Crippen LogP contribution is -2.47. The fourth-order valence-corrected chi connectivity index (χ4v) is 4.09. The van der Waals surface area contributed by atoms with E-state index in [1.54, 1.807) is 11.3 Å². The van der Waals surface area contributed by atoms with Gasteiger partial charge >= 0.3 is 0 Å². The van der Waals surface area contributed by atoms with Crippen LogP contribution in [0.2, 0.25) is 0 Å². The molecule has 0 radical (unpaired) electrons. The lowest BCUT2D eigenvalue weighted by molar-refractivity contribution is -0.164. The van der Waals surface area contributed by atoms with Gasteiger partial charge in [-0.3, -0.25) is 4.90 Å². The highest BCUT2D eigenvalue weighted by Gasteiger charge is 2.19. The third kappa shape index (κ3) is 3.88. The smallest absolute Gasteiger partial charge is 0.157 e. The maximum atomic E-state index is 5.85. The summed E-state index contributed by atoms with van der Waals surface area (Å²) in [6.45, 7) is 6.93. The molecule has 2 aliphatic rings. The number of thiazole rings is 1. The molecule has 4 rings (SSSR count). The number of rotatable bonds is 5. The molecular weight excluding hydrogens is 322 g/mol. The van der Waals surface area contributed by atoms with Crippen LogP contribution in [0.15, 0.2) is 23.7 Å². The van der Waals surface area contributed by atoms with E-state index in [1.807, 2.05) is 5.51 Å². The van der Waals surface area contributed by atoms with Gasteiger partial charge in [0.25, 0.3) is 0 Å². The topological polar surface area (TPSA) is 37.8 Å². The van der Waals surface area contributed by atoms with Crippen molar-refractivity contribution in [3.8, 4) is 0 Å². The molecule has 1 aromatic carbocycles. The zero-order valence-electron chi connectivity index (χ0n) is 14.0. The van der Waals surface area contributed by atoms with Crippen LogP contribution in [0, 0.1) is 0 Å². The maximum absolute atomic E-state index is 5.85. The Kier molecular flexibility index (Phi) is 5.27. The van der Waals surface area contributed by atoms with E-state index in [-0.39, 0.29) is 6.29 Å². The molecular formula is C18H25N3O2S. The summed E-state index contributed by atoms with van der Waals surface area (Å²) in [5, 5.41) is 0. The van der Waals surface area contributed by atoms with E-state index >= 15 is 0 Å². The van der Waals surface area contributed by atoms with Gasteiger partial charge in [0, 0.05) is 45.0 Å². The summed E-state index contributed by atoms with van der Waals surface area (Å²) < 4.78 is 12.7. The number of hydrogen-bond donors (Lipinski definition) is 0. The molecule has 6 heteroatoms. The molecule has 1 unspecified atom stereocenters. The third-order valence-corrected chi connectivity index (χ3v) is 5.71. The van der Waals surface area contributed by atoms with Gasteiger partial charge in [0.05, 0.1) is 22.3 Å². The van der Waals surface area contributed by atoms with E-state index in [1.165, 1.54) is 23.2 Å². The van der Waals surface area contributed by atoms with Crippen molar-refractivity contribution in [2.75, 3.05) is 50.8 Å². The Morgan fingerprint density at radius 3 is 2.96 bits per heavy atom. The number of anilines is 1. The molecule has 0 bridgehead atoms. The molecule has 2 aliphatic heterocycles. The Balaban J connectivity index is 1.22. The van der Waals surface area contributed by atoms with Gasteiger partial charge in [-0.05, 0) is 37.5 Å². The first-order valence-corrected chi connectivity index (χ1v) is 9.80. The third-order valence-electron chi connectivity index (χ3n) is 4.90. The van der Waals surface area contributed by atoms with Gasteiger partial charge in [0.15, 0.2) is 6.29 Å². The van der Waals surface area contributed by atoms with Crippen LogP contribution in [0.1, 0.15) is 19.3 Å². The van der Waals surface area contributed by atoms with Gasteiger partial charge in [0.1, 0.15) is 0 Å². The van der Waals surface area contributed by atoms with Crippen molar-refractivity contribution in [1.29, 1.82) is 0 Å². The fraction of sp³-hybridized carbons (Fsp3) is 0.611. The number of fused-ring (bicyclic) bond motifs is 1. The highest BCUT2D eigenvalue weighted by atomic mass is 32.1. The molecule has 1 aromatic heterocycles. The molecule has 130 valence electrons. The Bertz CT molecular complexity index is 649. The van der Waals surface area contributed by atoms with E-state index in [4.69, 9.17) is 9.47 Å². The predicted octanol–water partition coefficient (Wildman–Crippen LogP) is 2.96. The van der Waals surface area contributed by atoms with Crippen molar-refractivity contribution in [1.82, 2.24) is 9.88 Å². The van der Waals surface area contributed by atoms with E-state index in [2.05, 4.69) is 33.0 Å². The summed E-state index contributed by atoms with van der Waals surface area (Å²) in [6.07, 6.45) is 3.48. The maximum Gasteiger partial charge on any atom is 0.157 e. The second kappa shape index (κ2) is 7.78. The number of aromatic nitrogens is 1. The molecule has 24 heavy (non-hydrogen) atoms. The standard InChI is InChI=1S/C18H25N3O2S/c1-2-11-22-18(3-1)23-12-10-20-6-8-21(9-7-20)15-4-5-17-16(13-15)19-14-24-17/h4-5,13-14,18H,1-3,6-12H2. The summed E-state index contributed by atoms with van der Waals surface area (Å²) in [6, 6.07) is 6.62. The quantitative estimate of drug-likeness (QED) is 0.831. The molecule has 0 aliphatic carbocycles. The summed E-state index contributed by atoms with van der Waals surface area (Å²) in [5.74, 6) is 0. The van der Waals surface area contributed by atoms with Crippen LogP contribution < -0.4 is 4.90 Å². The molecule has 3 heterocycles. The van der Waals surface area contributed by atoms with Gasteiger partial charge in [-0.15, -0.1) is 11.3 Å². The van der Waals surface area contributed by atoms with Crippen molar-refractivity contribution < 1.29 is 9.47 Å². The van der Waals surface area contributed by atoms with Crippen LogP contribution in [-0.4, -0.2) is 62.1 Å². The second-order valence-corrected chi connectivity index (χ2v) is 7.39. The van der Waals surface area contributed by atoms with Crippen LogP contribution >= 0.6 is 11.3 Å². The number of benzene rings is 1. The van der Waals surface area contributed by atoms with Crippen LogP contribution in [0.5, 0.6) is 0 Å².